The summed E-state index contributed by atoms with van der Waals surface area (Å²) < 4.78 is 5.44. The minimum absolute atomic E-state index is 0.0311. The molecule has 0 saturated carbocycles. The highest BCUT2D eigenvalue weighted by Gasteiger charge is 2.06. The van der Waals surface area contributed by atoms with E-state index in [1.165, 1.54) is 5.56 Å². The Morgan fingerprint density at radius 1 is 1.14 bits per heavy atom. The van der Waals surface area contributed by atoms with E-state index in [1.807, 2.05) is 24.3 Å². The lowest BCUT2D eigenvalue weighted by Crippen LogP contribution is -2.28. The summed E-state index contributed by atoms with van der Waals surface area (Å²) in [6.45, 7) is 2.40. The van der Waals surface area contributed by atoms with Crippen LogP contribution in [0.2, 0.25) is 10.0 Å². The van der Waals surface area contributed by atoms with Crippen molar-refractivity contribution in [3.8, 4) is 5.75 Å². The van der Waals surface area contributed by atoms with Crippen molar-refractivity contribution < 1.29 is 9.53 Å². The molecular formula is C17H17Cl2NO2. The predicted octanol–water partition coefficient (Wildman–Crippen LogP) is 4.25. The van der Waals surface area contributed by atoms with Gasteiger partial charge in [-0.25, -0.2) is 0 Å². The molecule has 3 nitrogen and oxygen atoms in total. The molecule has 2 aromatic carbocycles. The van der Waals surface area contributed by atoms with Gasteiger partial charge in [-0.2, -0.15) is 0 Å². The van der Waals surface area contributed by atoms with Crippen molar-refractivity contribution in [3.05, 3.63) is 63.6 Å². The Labute approximate surface area is 140 Å². The Balaban J connectivity index is 1.80. The maximum Gasteiger partial charge on any atom is 0.258 e. The lowest BCUT2D eigenvalue weighted by atomic mass is 10.2. The molecule has 0 spiro atoms. The summed E-state index contributed by atoms with van der Waals surface area (Å²) in [5.41, 5.74) is 2.04. The van der Waals surface area contributed by atoms with Gasteiger partial charge in [0.25, 0.3) is 5.91 Å². The first kappa shape index (κ1) is 16.7. The number of benzene rings is 2. The highest BCUT2D eigenvalue weighted by Crippen LogP contribution is 2.20. The first-order chi connectivity index (χ1) is 10.6. The summed E-state index contributed by atoms with van der Waals surface area (Å²) in [6, 6.07) is 12.9. The highest BCUT2D eigenvalue weighted by molar-refractivity contribution is 6.35. The molecule has 22 heavy (non-hydrogen) atoms. The van der Waals surface area contributed by atoms with Crippen LogP contribution in [-0.2, 0) is 17.8 Å². The van der Waals surface area contributed by atoms with Gasteiger partial charge < -0.3 is 10.1 Å². The van der Waals surface area contributed by atoms with Crippen LogP contribution in [0.1, 0.15) is 18.1 Å². The van der Waals surface area contributed by atoms with Gasteiger partial charge in [0.05, 0.1) is 0 Å². The fourth-order valence-corrected chi connectivity index (χ4v) is 2.36. The second kappa shape index (κ2) is 8.06. The lowest BCUT2D eigenvalue weighted by molar-refractivity contribution is -0.123. The smallest absolute Gasteiger partial charge is 0.258 e. The molecule has 0 fully saturated rings. The van der Waals surface area contributed by atoms with Crippen molar-refractivity contribution in [2.75, 3.05) is 6.61 Å². The first-order valence-corrected chi connectivity index (χ1v) is 7.76. The molecule has 2 rings (SSSR count). The number of aryl methyl sites for hydroxylation is 1. The lowest BCUT2D eigenvalue weighted by Gasteiger charge is -2.09. The standard InChI is InChI=1S/C17H17Cl2NO2/c1-2-12-3-7-15(8-4-12)22-11-17(21)20-10-13-5-6-14(18)9-16(13)19/h3-9H,2,10-11H2,1H3,(H,20,21). The van der Waals surface area contributed by atoms with Gasteiger partial charge in [-0.1, -0.05) is 48.3 Å². The summed E-state index contributed by atoms with van der Waals surface area (Å²) >= 11 is 11.9. The molecule has 0 aromatic heterocycles. The van der Waals surface area contributed by atoms with Gasteiger partial charge in [0.15, 0.2) is 6.61 Å². The molecule has 0 radical (unpaired) electrons. The van der Waals surface area contributed by atoms with E-state index in [2.05, 4.69) is 12.2 Å². The van der Waals surface area contributed by atoms with E-state index in [0.29, 0.717) is 22.3 Å². The molecule has 1 amide bonds. The Kier molecular flexibility index (Phi) is 6.10. The van der Waals surface area contributed by atoms with Gasteiger partial charge in [0.1, 0.15) is 5.75 Å². The third-order valence-corrected chi connectivity index (χ3v) is 3.78. The molecule has 116 valence electrons. The quantitative estimate of drug-likeness (QED) is 0.855. The molecule has 0 aliphatic heterocycles. The number of carbonyl (C=O) groups is 1. The maximum absolute atomic E-state index is 11.8. The summed E-state index contributed by atoms with van der Waals surface area (Å²) in [6.07, 6.45) is 0.975. The molecule has 1 N–H and O–H groups in total. The van der Waals surface area contributed by atoms with E-state index < -0.39 is 0 Å². The normalized spacial score (nSPS) is 10.3. The van der Waals surface area contributed by atoms with Crippen molar-refractivity contribution in [2.45, 2.75) is 19.9 Å². The fraction of sp³-hybridized carbons (Fsp3) is 0.235. The van der Waals surface area contributed by atoms with Gasteiger partial charge >= 0.3 is 0 Å². The number of hydrogen-bond donors (Lipinski definition) is 1. The van der Waals surface area contributed by atoms with Crippen LogP contribution in [0.25, 0.3) is 0 Å². The Morgan fingerprint density at radius 3 is 2.50 bits per heavy atom. The third-order valence-electron chi connectivity index (χ3n) is 3.19. The molecule has 0 unspecified atom stereocenters. The summed E-state index contributed by atoms with van der Waals surface area (Å²) in [4.78, 5) is 11.8. The maximum atomic E-state index is 11.8. The summed E-state index contributed by atoms with van der Waals surface area (Å²) in [5.74, 6) is 0.475. The van der Waals surface area contributed by atoms with Crippen LogP contribution in [0.4, 0.5) is 0 Å². The van der Waals surface area contributed by atoms with E-state index in [9.17, 15) is 4.79 Å². The van der Waals surface area contributed by atoms with E-state index >= 15 is 0 Å². The van der Waals surface area contributed by atoms with E-state index in [-0.39, 0.29) is 12.5 Å². The van der Waals surface area contributed by atoms with Crippen molar-refractivity contribution in [2.24, 2.45) is 0 Å². The minimum atomic E-state index is -0.203. The van der Waals surface area contributed by atoms with E-state index in [1.54, 1.807) is 18.2 Å². The van der Waals surface area contributed by atoms with Crippen LogP contribution >= 0.6 is 23.2 Å². The SMILES string of the molecule is CCc1ccc(OCC(=O)NCc2ccc(Cl)cc2Cl)cc1. The minimum Gasteiger partial charge on any atom is -0.484 e. The second-order valence-electron chi connectivity index (χ2n) is 4.80. The zero-order valence-corrected chi connectivity index (χ0v) is 13.7. The van der Waals surface area contributed by atoms with Gasteiger partial charge in [-0.05, 0) is 41.8 Å². The van der Waals surface area contributed by atoms with Crippen molar-refractivity contribution in [1.82, 2.24) is 5.32 Å². The van der Waals surface area contributed by atoms with E-state index in [0.717, 1.165) is 12.0 Å². The predicted molar refractivity (Wildman–Crippen MR) is 89.6 cm³/mol. The fourth-order valence-electron chi connectivity index (χ4n) is 1.88. The average molecular weight is 338 g/mol. The number of hydrogen-bond acceptors (Lipinski definition) is 2. The average Bonchev–Trinajstić information content (AvgIpc) is 2.52. The molecule has 0 aliphatic rings. The van der Waals surface area contributed by atoms with Crippen LogP contribution in [0.3, 0.4) is 0 Å². The highest BCUT2D eigenvalue weighted by atomic mass is 35.5. The third kappa shape index (κ3) is 4.93. The number of rotatable bonds is 6. The summed E-state index contributed by atoms with van der Waals surface area (Å²) in [7, 11) is 0. The van der Waals surface area contributed by atoms with Crippen molar-refractivity contribution in [3.63, 3.8) is 0 Å². The topological polar surface area (TPSA) is 38.3 Å². The Hall–Kier alpha value is -1.71. The Morgan fingerprint density at radius 2 is 1.86 bits per heavy atom. The van der Waals surface area contributed by atoms with E-state index in [4.69, 9.17) is 27.9 Å². The number of halogens is 2. The van der Waals surface area contributed by atoms with Crippen LogP contribution in [0, 0.1) is 0 Å². The largest absolute Gasteiger partial charge is 0.484 e. The van der Waals surface area contributed by atoms with Crippen LogP contribution in [0.5, 0.6) is 5.75 Å². The van der Waals surface area contributed by atoms with Crippen molar-refractivity contribution in [1.29, 1.82) is 0 Å². The number of amides is 1. The number of nitrogens with one attached hydrogen (secondary N) is 1. The molecular weight excluding hydrogens is 321 g/mol. The Bertz CT molecular complexity index is 642. The zero-order chi connectivity index (χ0) is 15.9. The molecule has 2 aromatic rings. The van der Waals surface area contributed by atoms with Gasteiger partial charge in [-0.15, -0.1) is 0 Å². The molecule has 0 heterocycles. The van der Waals surface area contributed by atoms with Crippen LogP contribution in [-0.4, -0.2) is 12.5 Å². The molecule has 0 atom stereocenters. The molecule has 0 saturated heterocycles. The van der Waals surface area contributed by atoms with Gasteiger partial charge in [0.2, 0.25) is 0 Å². The van der Waals surface area contributed by atoms with Crippen molar-refractivity contribution >= 4 is 29.1 Å². The molecule has 0 aliphatic carbocycles. The van der Waals surface area contributed by atoms with Crippen LogP contribution < -0.4 is 10.1 Å². The number of carbonyl (C=O) groups excluding carboxylic acids is 1. The first-order valence-electron chi connectivity index (χ1n) is 7.01. The zero-order valence-electron chi connectivity index (χ0n) is 12.2. The molecule has 0 bridgehead atoms. The van der Waals surface area contributed by atoms with Crippen LogP contribution in [0.15, 0.2) is 42.5 Å². The number of ether oxygens (including phenoxy) is 1. The second-order valence-corrected chi connectivity index (χ2v) is 5.64. The van der Waals surface area contributed by atoms with Gasteiger partial charge in [0, 0.05) is 16.6 Å². The summed E-state index contributed by atoms with van der Waals surface area (Å²) in [5, 5.41) is 3.86. The monoisotopic (exact) mass is 337 g/mol. The van der Waals surface area contributed by atoms with Gasteiger partial charge in [-0.3, -0.25) is 4.79 Å². The molecule has 5 heteroatoms.